The van der Waals surface area contributed by atoms with Crippen molar-refractivity contribution in [2.24, 2.45) is 0 Å². The van der Waals surface area contributed by atoms with Crippen LogP contribution in [0.25, 0.3) is 0 Å². The van der Waals surface area contributed by atoms with Crippen LogP contribution in [0.1, 0.15) is 42.6 Å². The molecular formula is C20H27ClN4O3S. The Hall–Kier alpha value is -1.90. The van der Waals surface area contributed by atoms with E-state index in [1.165, 1.54) is 0 Å². The Balaban J connectivity index is 1.62. The summed E-state index contributed by atoms with van der Waals surface area (Å²) in [7, 11) is -3.55. The first-order valence-electron chi connectivity index (χ1n) is 9.84. The topological polar surface area (TPSA) is 84.3 Å². The van der Waals surface area contributed by atoms with E-state index < -0.39 is 10.0 Å². The van der Waals surface area contributed by atoms with Crippen LogP contribution in [-0.2, 0) is 27.9 Å². The van der Waals surface area contributed by atoms with E-state index in [0.717, 1.165) is 24.8 Å². The van der Waals surface area contributed by atoms with Gasteiger partial charge in [-0.3, -0.25) is 9.48 Å². The van der Waals surface area contributed by atoms with E-state index in [1.54, 1.807) is 35.0 Å². The molecule has 1 N–H and O–H groups in total. The normalized spacial score (nSPS) is 15.4. The van der Waals surface area contributed by atoms with Gasteiger partial charge < -0.3 is 5.32 Å². The van der Waals surface area contributed by atoms with Crippen LogP contribution in [0.2, 0.25) is 5.02 Å². The Morgan fingerprint density at radius 2 is 1.79 bits per heavy atom. The van der Waals surface area contributed by atoms with Crippen molar-refractivity contribution < 1.29 is 13.2 Å². The van der Waals surface area contributed by atoms with Crippen molar-refractivity contribution in [2.45, 2.75) is 57.5 Å². The number of hydrogen-bond acceptors (Lipinski definition) is 4. The van der Waals surface area contributed by atoms with E-state index in [-0.39, 0.29) is 17.2 Å². The van der Waals surface area contributed by atoms with E-state index in [1.807, 2.05) is 12.1 Å². The third-order valence-corrected chi connectivity index (χ3v) is 7.59. The van der Waals surface area contributed by atoms with Gasteiger partial charge in [-0.2, -0.15) is 9.40 Å². The monoisotopic (exact) mass is 438 g/mol. The van der Waals surface area contributed by atoms with Crippen molar-refractivity contribution in [3.8, 4) is 0 Å². The Morgan fingerprint density at radius 3 is 2.45 bits per heavy atom. The lowest BCUT2D eigenvalue weighted by Crippen LogP contribution is -2.36. The number of carbonyl (C=O) groups is 1. The molecule has 0 unspecified atom stereocenters. The molecule has 158 valence electrons. The molecule has 7 nitrogen and oxygen atoms in total. The van der Waals surface area contributed by atoms with Crippen LogP contribution in [0.5, 0.6) is 0 Å². The van der Waals surface area contributed by atoms with Crippen molar-refractivity contribution in [1.29, 1.82) is 0 Å². The number of carbonyl (C=O) groups excluding carboxylic acids is 1. The summed E-state index contributed by atoms with van der Waals surface area (Å²) in [6.07, 6.45) is 3.06. The lowest BCUT2D eigenvalue weighted by atomic mass is 10.2. The van der Waals surface area contributed by atoms with Gasteiger partial charge in [-0.25, -0.2) is 8.42 Å². The first-order valence-corrected chi connectivity index (χ1v) is 11.7. The lowest BCUT2D eigenvalue weighted by Gasteiger charge is -2.26. The van der Waals surface area contributed by atoms with Gasteiger partial charge in [-0.1, -0.05) is 30.2 Å². The summed E-state index contributed by atoms with van der Waals surface area (Å²) in [5.41, 5.74) is 2.02. The second-order valence-corrected chi connectivity index (χ2v) is 9.65. The van der Waals surface area contributed by atoms with Crippen LogP contribution >= 0.6 is 11.6 Å². The van der Waals surface area contributed by atoms with E-state index in [0.29, 0.717) is 42.6 Å². The third kappa shape index (κ3) is 5.18. The second kappa shape index (κ2) is 9.28. The van der Waals surface area contributed by atoms with Gasteiger partial charge in [0.05, 0.1) is 17.9 Å². The quantitative estimate of drug-likeness (QED) is 0.720. The molecule has 0 saturated carbocycles. The Kier molecular flexibility index (Phi) is 6.97. The smallest absolute Gasteiger partial charge is 0.246 e. The van der Waals surface area contributed by atoms with Gasteiger partial charge in [0.15, 0.2) is 0 Å². The molecule has 0 spiro atoms. The van der Waals surface area contributed by atoms with Crippen LogP contribution in [0, 0.1) is 13.8 Å². The summed E-state index contributed by atoms with van der Waals surface area (Å²) in [6.45, 7) is 5.32. The van der Waals surface area contributed by atoms with Crippen molar-refractivity contribution in [3.63, 3.8) is 0 Å². The van der Waals surface area contributed by atoms with Gasteiger partial charge >= 0.3 is 0 Å². The molecule has 9 heteroatoms. The zero-order valence-corrected chi connectivity index (χ0v) is 18.4. The predicted octanol–water partition coefficient (Wildman–Crippen LogP) is 3.03. The fourth-order valence-electron chi connectivity index (χ4n) is 3.60. The summed E-state index contributed by atoms with van der Waals surface area (Å²) >= 11 is 5.86. The second-order valence-electron chi connectivity index (χ2n) is 7.34. The summed E-state index contributed by atoms with van der Waals surface area (Å²) in [6, 6.07) is 7.29. The van der Waals surface area contributed by atoms with Gasteiger partial charge in [0.2, 0.25) is 15.9 Å². The molecule has 0 bridgehead atoms. The number of benzene rings is 1. The minimum atomic E-state index is -3.55. The highest BCUT2D eigenvalue weighted by Crippen LogP contribution is 2.26. The first-order chi connectivity index (χ1) is 13.8. The maximum absolute atomic E-state index is 13.0. The molecule has 1 aliphatic heterocycles. The number of nitrogens with zero attached hydrogens (tertiary/aromatic N) is 3. The van der Waals surface area contributed by atoms with E-state index >= 15 is 0 Å². The number of nitrogens with one attached hydrogen (secondary N) is 1. The Bertz CT molecular complexity index is 964. The Morgan fingerprint density at radius 1 is 1.14 bits per heavy atom. The number of rotatable bonds is 7. The molecule has 1 aromatic heterocycles. The maximum atomic E-state index is 13.0. The molecule has 2 heterocycles. The molecule has 1 saturated heterocycles. The van der Waals surface area contributed by atoms with Crippen LogP contribution in [0.3, 0.4) is 0 Å². The van der Waals surface area contributed by atoms with Crippen molar-refractivity contribution in [2.75, 3.05) is 13.1 Å². The van der Waals surface area contributed by atoms with Gasteiger partial charge in [-0.15, -0.1) is 0 Å². The highest BCUT2D eigenvalue weighted by atomic mass is 35.5. The number of aryl methyl sites for hydroxylation is 2. The average Bonchev–Trinajstić information content (AvgIpc) is 3.00. The molecule has 1 aliphatic rings. The van der Waals surface area contributed by atoms with Crippen LogP contribution in [-0.4, -0.2) is 41.5 Å². The molecule has 1 fully saturated rings. The average molecular weight is 439 g/mol. The lowest BCUT2D eigenvalue weighted by molar-refractivity contribution is -0.121. The number of piperidine rings is 1. The standard InChI is InChI=1S/C20H27ClN4O3S/c1-15-20(29(27,28)24-11-4-3-5-12-24)16(2)25(23-15)13-10-19(26)22-14-17-6-8-18(21)9-7-17/h6-9H,3-5,10-14H2,1-2H3,(H,22,26). The van der Waals surface area contributed by atoms with Crippen LogP contribution < -0.4 is 5.32 Å². The number of sulfonamides is 1. The van der Waals surface area contributed by atoms with Crippen molar-refractivity contribution in [3.05, 3.63) is 46.2 Å². The number of amides is 1. The number of halogens is 1. The SMILES string of the molecule is Cc1nn(CCC(=O)NCc2ccc(Cl)cc2)c(C)c1S(=O)(=O)N1CCCCC1. The third-order valence-electron chi connectivity index (χ3n) is 5.18. The molecule has 1 aromatic carbocycles. The minimum Gasteiger partial charge on any atom is -0.352 e. The van der Waals surface area contributed by atoms with Gasteiger partial charge in [-0.05, 0) is 44.4 Å². The van der Waals surface area contributed by atoms with Crippen LogP contribution in [0.15, 0.2) is 29.2 Å². The number of aromatic nitrogens is 2. The molecule has 0 atom stereocenters. The van der Waals surface area contributed by atoms with E-state index in [2.05, 4.69) is 10.4 Å². The zero-order valence-electron chi connectivity index (χ0n) is 16.8. The summed E-state index contributed by atoms with van der Waals surface area (Å²) in [4.78, 5) is 12.5. The zero-order chi connectivity index (χ0) is 21.0. The fourth-order valence-corrected chi connectivity index (χ4v) is 5.62. The van der Waals surface area contributed by atoms with Crippen molar-refractivity contribution >= 4 is 27.5 Å². The molecule has 0 aliphatic carbocycles. The Labute approximate surface area is 177 Å². The van der Waals surface area contributed by atoms with Gasteiger partial charge in [0, 0.05) is 31.1 Å². The first kappa shape index (κ1) is 21.8. The molecule has 1 amide bonds. The van der Waals surface area contributed by atoms with Crippen molar-refractivity contribution in [1.82, 2.24) is 19.4 Å². The van der Waals surface area contributed by atoms with E-state index in [4.69, 9.17) is 11.6 Å². The van der Waals surface area contributed by atoms with Crippen LogP contribution in [0.4, 0.5) is 0 Å². The van der Waals surface area contributed by atoms with Gasteiger partial charge in [0.1, 0.15) is 4.90 Å². The summed E-state index contributed by atoms with van der Waals surface area (Å²) < 4.78 is 29.3. The summed E-state index contributed by atoms with van der Waals surface area (Å²) in [5.74, 6) is -0.118. The molecular weight excluding hydrogens is 412 g/mol. The predicted molar refractivity (Wildman–Crippen MR) is 112 cm³/mol. The molecule has 29 heavy (non-hydrogen) atoms. The molecule has 3 rings (SSSR count). The van der Waals surface area contributed by atoms with Gasteiger partial charge in [0.25, 0.3) is 0 Å². The molecule has 2 aromatic rings. The highest BCUT2D eigenvalue weighted by molar-refractivity contribution is 7.89. The highest BCUT2D eigenvalue weighted by Gasteiger charge is 2.31. The number of hydrogen-bond donors (Lipinski definition) is 1. The van der Waals surface area contributed by atoms with E-state index in [9.17, 15) is 13.2 Å². The largest absolute Gasteiger partial charge is 0.352 e. The minimum absolute atomic E-state index is 0.118. The fraction of sp³-hybridized carbons (Fsp3) is 0.500. The summed E-state index contributed by atoms with van der Waals surface area (Å²) in [5, 5.41) is 7.90. The molecule has 0 radical (unpaired) electrons. The maximum Gasteiger partial charge on any atom is 0.246 e.